The lowest BCUT2D eigenvalue weighted by Crippen LogP contribution is -2.36. The standard InChI is InChI=1S/C24H30N6O3S/c1-29-22(33)18-12-11-15(21(32)26-17-7-3-2-4-8-17)13-19(18)30-23(29)27-28-24(30)34-14-20(31)25-16-9-5-6-10-16/h11-13,16-17H,2-10,14H2,1H3,(H,25,31)(H,26,32). The summed E-state index contributed by atoms with van der Waals surface area (Å²) in [5.74, 6) is 0.418. The zero-order valence-corrected chi connectivity index (χ0v) is 20.2. The van der Waals surface area contributed by atoms with E-state index >= 15 is 0 Å². The molecule has 0 spiro atoms. The van der Waals surface area contributed by atoms with Crippen LogP contribution >= 0.6 is 11.8 Å². The van der Waals surface area contributed by atoms with Crippen LogP contribution in [0.4, 0.5) is 0 Å². The molecular formula is C24H30N6O3S. The van der Waals surface area contributed by atoms with E-state index in [0.717, 1.165) is 51.4 Å². The van der Waals surface area contributed by atoms with Crippen LogP contribution in [-0.2, 0) is 11.8 Å². The Kier molecular flexibility index (Phi) is 6.58. The Morgan fingerprint density at radius 2 is 1.68 bits per heavy atom. The third kappa shape index (κ3) is 4.55. The molecular weight excluding hydrogens is 452 g/mol. The fourth-order valence-electron chi connectivity index (χ4n) is 5.08. The lowest BCUT2D eigenvalue weighted by molar-refractivity contribution is -0.119. The summed E-state index contributed by atoms with van der Waals surface area (Å²) in [5.41, 5.74) is 0.860. The SMILES string of the molecule is Cn1c(=O)c2ccc(C(=O)NC3CCCCC3)cc2n2c(SCC(=O)NC3CCCC3)nnc12. The van der Waals surface area contributed by atoms with Crippen LogP contribution in [0.3, 0.4) is 0 Å². The van der Waals surface area contributed by atoms with Crippen molar-refractivity contribution >= 4 is 40.3 Å². The molecule has 1 aromatic carbocycles. The highest BCUT2D eigenvalue weighted by Gasteiger charge is 2.21. The van der Waals surface area contributed by atoms with E-state index in [2.05, 4.69) is 20.8 Å². The minimum absolute atomic E-state index is 0.0321. The third-order valence-corrected chi connectivity index (χ3v) is 7.87. The van der Waals surface area contributed by atoms with Gasteiger partial charge in [0.25, 0.3) is 11.5 Å². The number of amides is 2. The predicted molar refractivity (Wildman–Crippen MR) is 131 cm³/mol. The van der Waals surface area contributed by atoms with Gasteiger partial charge in [-0.25, -0.2) is 0 Å². The summed E-state index contributed by atoms with van der Waals surface area (Å²) < 4.78 is 3.21. The van der Waals surface area contributed by atoms with Crippen molar-refractivity contribution in [3.8, 4) is 0 Å². The molecule has 2 amide bonds. The lowest BCUT2D eigenvalue weighted by Gasteiger charge is -2.22. The van der Waals surface area contributed by atoms with Crippen molar-refractivity contribution in [3.05, 3.63) is 34.1 Å². The minimum atomic E-state index is -0.204. The Morgan fingerprint density at radius 1 is 1.00 bits per heavy atom. The number of nitrogens with zero attached hydrogens (tertiary/aromatic N) is 4. The number of fused-ring (bicyclic) bond motifs is 3. The van der Waals surface area contributed by atoms with Crippen LogP contribution in [0.25, 0.3) is 16.7 Å². The predicted octanol–water partition coefficient (Wildman–Crippen LogP) is 2.79. The van der Waals surface area contributed by atoms with E-state index in [4.69, 9.17) is 0 Å². The Labute approximate surface area is 201 Å². The number of benzene rings is 1. The van der Waals surface area contributed by atoms with E-state index in [0.29, 0.717) is 27.4 Å². The van der Waals surface area contributed by atoms with Gasteiger partial charge in [-0.2, -0.15) is 0 Å². The van der Waals surface area contributed by atoms with Crippen molar-refractivity contribution < 1.29 is 9.59 Å². The molecule has 0 aliphatic heterocycles. The number of nitrogens with one attached hydrogen (secondary N) is 2. The third-order valence-electron chi connectivity index (χ3n) is 6.95. The molecule has 5 rings (SSSR count). The normalized spacial score (nSPS) is 17.4. The van der Waals surface area contributed by atoms with Crippen LogP contribution in [0.1, 0.15) is 68.1 Å². The summed E-state index contributed by atoms with van der Waals surface area (Å²) in [6, 6.07) is 5.57. The summed E-state index contributed by atoms with van der Waals surface area (Å²) >= 11 is 1.28. The molecule has 0 atom stereocenters. The summed E-state index contributed by atoms with van der Waals surface area (Å²) in [7, 11) is 1.65. The van der Waals surface area contributed by atoms with E-state index < -0.39 is 0 Å². The van der Waals surface area contributed by atoms with Crippen LogP contribution in [0, 0.1) is 0 Å². The van der Waals surface area contributed by atoms with Gasteiger partial charge in [0.1, 0.15) is 0 Å². The molecule has 2 aliphatic rings. The summed E-state index contributed by atoms with van der Waals surface area (Å²) in [5, 5.41) is 15.7. The second kappa shape index (κ2) is 9.77. The maximum Gasteiger partial charge on any atom is 0.262 e. The van der Waals surface area contributed by atoms with Gasteiger partial charge in [-0.05, 0) is 43.9 Å². The zero-order chi connectivity index (χ0) is 23.7. The molecule has 0 unspecified atom stereocenters. The van der Waals surface area contributed by atoms with Crippen molar-refractivity contribution in [2.24, 2.45) is 7.05 Å². The van der Waals surface area contributed by atoms with Gasteiger partial charge in [0.15, 0.2) is 5.16 Å². The summed E-state index contributed by atoms with van der Waals surface area (Å²) in [6.45, 7) is 0. The molecule has 3 aromatic rings. The van der Waals surface area contributed by atoms with Gasteiger partial charge >= 0.3 is 0 Å². The van der Waals surface area contributed by atoms with Crippen molar-refractivity contribution in [1.29, 1.82) is 0 Å². The van der Waals surface area contributed by atoms with Gasteiger partial charge in [-0.15, -0.1) is 10.2 Å². The number of rotatable bonds is 6. The molecule has 0 radical (unpaired) electrons. The fourth-order valence-corrected chi connectivity index (χ4v) is 5.83. The Hall–Kier alpha value is -2.88. The Morgan fingerprint density at radius 3 is 2.41 bits per heavy atom. The quantitative estimate of drug-likeness (QED) is 0.523. The van der Waals surface area contributed by atoms with Gasteiger partial charge < -0.3 is 10.6 Å². The number of carbonyl (C=O) groups excluding carboxylic acids is 2. The highest BCUT2D eigenvalue weighted by Crippen LogP contribution is 2.24. The topological polar surface area (TPSA) is 110 Å². The number of thioether (sulfide) groups is 1. The summed E-state index contributed by atoms with van der Waals surface area (Å²) in [6.07, 6.45) is 9.86. The number of aromatic nitrogens is 4. The van der Waals surface area contributed by atoms with Gasteiger partial charge in [-0.3, -0.25) is 23.4 Å². The molecule has 2 saturated carbocycles. The molecule has 2 fully saturated rings. The van der Waals surface area contributed by atoms with Gasteiger partial charge in [0.2, 0.25) is 11.7 Å². The second-order valence-electron chi connectivity index (χ2n) is 9.36. The summed E-state index contributed by atoms with van der Waals surface area (Å²) in [4.78, 5) is 38.3. The molecule has 0 saturated heterocycles. The zero-order valence-electron chi connectivity index (χ0n) is 19.4. The van der Waals surface area contributed by atoms with E-state index in [1.165, 1.54) is 22.7 Å². The maximum absolute atomic E-state index is 13.0. The number of carbonyl (C=O) groups is 2. The maximum atomic E-state index is 13.0. The molecule has 2 heterocycles. The smallest absolute Gasteiger partial charge is 0.262 e. The van der Waals surface area contributed by atoms with Crippen LogP contribution < -0.4 is 16.2 Å². The highest BCUT2D eigenvalue weighted by atomic mass is 32.2. The largest absolute Gasteiger partial charge is 0.353 e. The van der Waals surface area contributed by atoms with Crippen molar-refractivity contribution in [2.45, 2.75) is 75.0 Å². The number of aryl methyl sites for hydroxylation is 1. The molecule has 180 valence electrons. The number of hydrogen-bond donors (Lipinski definition) is 2. The molecule has 2 N–H and O–H groups in total. The fraction of sp³-hybridized carbons (Fsp3) is 0.542. The minimum Gasteiger partial charge on any atom is -0.353 e. The van der Waals surface area contributed by atoms with Gasteiger partial charge in [-0.1, -0.05) is 43.9 Å². The Bertz CT molecular complexity index is 1290. The molecule has 2 aliphatic carbocycles. The molecule has 10 heteroatoms. The first-order valence-electron chi connectivity index (χ1n) is 12.1. The van der Waals surface area contributed by atoms with E-state index in [1.807, 2.05) is 0 Å². The van der Waals surface area contributed by atoms with Crippen molar-refractivity contribution in [3.63, 3.8) is 0 Å². The van der Waals surface area contributed by atoms with E-state index in [-0.39, 0.29) is 35.2 Å². The Balaban J connectivity index is 1.44. The monoisotopic (exact) mass is 482 g/mol. The molecule has 9 nitrogen and oxygen atoms in total. The van der Waals surface area contributed by atoms with Crippen LogP contribution in [0.15, 0.2) is 28.2 Å². The highest BCUT2D eigenvalue weighted by molar-refractivity contribution is 7.99. The van der Waals surface area contributed by atoms with Crippen LogP contribution in [0.2, 0.25) is 0 Å². The average molecular weight is 483 g/mol. The first-order valence-corrected chi connectivity index (χ1v) is 13.1. The molecule has 34 heavy (non-hydrogen) atoms. The van der Waals surface area contributed by atoms with Gasteiger partial charge in [0.05, 0.1) is 16.7 Å². The van der Waals surface area contributed by atoms with Crippen molar-refractivity contribution in [2.75, 3.05) is 5.75 Å². The second-order valence-corrected chi connectivity index (χ2v) is 10.3. The van der Waals surface area contributed by atoms with E-state index in [1.54, 1.807) is 29.6 Å². The molecule has 0 bridgehead atoms. The van der Waals surface area contributed by atoms with Crippen LogP contribution in [0.5, 0.6) is 0 Å². The first kappa shape index (κ1) is 22.9. The number of hydrogen-bond acceptors (Lipinski definition) is 6. The average Bonchev–Trinajstić information content (AvgIpc) is 3.51. The van der Waals surface area contributed by atoms with E-state index in [9.17, 15) is 14.4 Å². The van der Waals surface area contributed by atoms with Crippen LogP contribution in [-0.4, -0.2) is 48.8 Å². The lowest BCUT2D eigenvalue weighted by atomic mass is 9.95. The molecule has 2 aromatic heterocycles. The first-order chi connectivity index (χ1) is 16.5. The van der Waals surface area contributed by atoms with Crippen molar-refractivity contribution in [1.82, 2.24) is 29.8 Å². The van der Waals surface area contributed by atoms with Gasteiger partial charge in [0, 0.05) is 24.7 Å².